The lowest BCUT2D eigenvalue weighted by Crippen LogP contribution is -2.50. The van der Waals surface area contributed by atoms with Crippen LogP contribution in [0.2, 0.25) is 0 Å². The van der Waals surface area contributed by atoms with Crippen molar-refractivity contribution < 1.29 is 27.1 Å². The SMILES string of the molecule is CNC(=O)C(C)N(Cc1ccc(C)cc1)C(=O)CN(c1ccc(F)cc1)S(=O)(=O)c1ccc(OC)cc1. The maximum atomic E-state index is 13.7. The summed E-state index contributed by atoms with van der Waals surface area (Å²) in [7, 11) is -1.32. The molecule has 3 aromatic carbocycles. The van der Waals surface area contributed by atoms with Crippen molar-refractivity contribution in [3.63, 3.8) is 0 Å². The van der Waals surface area contributed by atoms with Crippen LogP contribution in [0.5, 0.6) is 5.75 Å². The first-order chi connectivity index (χ1) is 17.6. The Morgan fingerprint density at radius 3 is 2.11 bits per heavy atom. The third kappa shape index (κ3) is 6.65. The molecule has 0 fully saturated rings. The van der Waals surface area contributed by atoms with E-state index in [4.69, 9.17) is 4.74 Å². The molecule has 1 unspecified atom stereocenters. The lowest BCUT2D eigenvalue weighted by molar-refractivity contribution is -0.139. The summed E-state index contributed by atoms with van der Waals surface area (Å²) in [6.07, 6.45) is 0. The first kappa shape index (κ1) is 27.7. The largest absolute Gasteiger partial charge is 0.497 e. The summed E-state index contributed by atoms with van der Waals surface area (Å²) >= 11 is 0. The average molecular weight is 528 g/mol. The number of methoxy groups -OCH3 is 1. The van der Waals surface area contributed by atoms with E-state index in [1.807, 2.05) is 31.2 Å². The van der Waals surface area contributed by atoms with Crippen molar-refractivity contribution in [3.8, 4) is 5.75 Å². The molecule has 1 atom stereocenters. The fourth-order valence-electron chi connectivity index (χ4n) is 3.69. The second-order valence-corrected chi connectivity index (χ2v) is 10.3. The summed E-state index contributed by atoms with van der Waals surface area (Å²) < 4.78 is 47.0. The van der Waals surface area contributed by atoms with Crippen molar-refractivity contribution in [1.82, 2.24) is 10.2 Å². The average Bonchev–Trinajstić information content (AvgIpc) is 2.91. The molecule has 0 spiro atoms. The molecule has 0 aliphatic carbocycles. The van der Waals surface area contributed by atoms with E-state index in [1.165, 1.54) is 55.5 Å². The first-order valence-corrected chi connectivity index (χ1v) is 13.0. The van der Waals surface area contributed by atoms with Gasteiger partial charge in [0.25, 0.3) is 10.0 Å². The Hall–Kier alpha value is -3.92. The number of anilines is 1. The minimum atomic E-state index is -4.24. The van der Waals surface area contributed by atoms with Gasteiger partial charge in [-0.2, -0.15) is 0 Å². The van der Waals surface area contributed by atoms with Gasteiger partial charge in [-0.05, 0) is 67.9 Å². The second-order valence-electron chi connectivity index (χ2n) is 8.46. The van der Waals surface area contributed by atoms with Gasteiger partial charge in [0.15, 0.2) is 0 Å². The zero-order chi connectivity index (χ0) is 27.2. The topological polar surface area (TPSA) is 96.0 Å². The normalized spacial score (nSPS) is 11.9. The highest BCUT2D eigenvalue weighted by molar-refractivity contribution is 7.92. The number of nitrogens with zero attached hydrogens (tertiary/aromatic N) is 2. The van der Waals surface area contributed by atoms with Crippen LogP contribution in [0.1, 0.15) is 18.1 Å². The molecule has 0 aromatic heterocycles. The van der Waals surface area contributed by atoms with Gasteiger partial charge in [0.1, 0.15) is 24.2 Å². The number of ether oxygens (including phenoxy) is 1. The molecule has 0 saturated heterocycles. The van der Waals surface area contributed by atoms with Crippen LogP contribution in [-0.4, -0.2) is 51.9 Å². The molecule has 10 heteroatoms. The lowest BCUT2D eigenvalue weighted by Gasteiger charge is -2.31. The molecule has 0 radical (unpaired) electrons. The van der Waals surface area contributed by atoms with Crippen LogP contribution in [0, 0.1) is 12.7 Å². The van der Waals surface area contributed by atoms with Crippen LogP contribution in [0.25, 0.3) is 0 Å². The first-order valence-electron chi connectivity index (χ1n) is 11.6. The fourth-order valence-corrected chi connectivity index (χ4v) is 5.11. The molecule has 8 nitrogen and oxygen atoms in total. The molecule has 0 saturated carbocycles. The van der Waals surface area contributed by atoms with Gasteiger partial charge in [0, 0.05) is 13.6 Å². The Morgan fingerprint density at radius 2 is 1.57 bits per heavy atom. The van der Waals surface area contributed by atoms with Crippen molar-refractivity contribution in [2.24, 2.45) is 0 Å². The quantitative estimate of drug-likeness (QED) is 0.436. The number of hydrogen-bond donors (Lipinski definition) is 1. The number of benzene rings is 3. The van der Waals surface area contributed by atoms with Gasteiger partial charge in [0.2, 0.25) is 11.8 Å². The summed E-state index contributed by atoms with van der Waals surface area (Å²) in [6.45, 7) is 3.00. The van der Waals surface area contributed by atoms with E-state index in [9.17, 15) is 22.4 Å². The van der Waals surface area contributed by atoms with Crippen molar-refractivity contribution >= 4 is 27.5 Å². The maximum absolute atomic E-state index is 13.7. The van der Waals surface area contributed by atoms with E-state index in [2.05, 4.69) is 5.32 Å². The van der Waals surface area contributed by atoms with E-state index >= 15 is 0 Å². The third-order valence-electron chi connectivity index (χ3n) is 5.93. The number of likely N-dealkylation sites (N-methyl/N-ethyl adjacent to an activating group) is 1. The number of hydrogen-bond acceptors (Lipinski definition) is 5. The monoisotopic (exact) mass is 527 g/mol. The molecule has 0 heterocycles. The minimum absolute atomic E-state index is 0.0742. The van der Waals surface area contributed by atoms with Crippen molar-refractivity contribution in [3.05, 3.63) is 89.7 Å². The summed E-state index contributed by atoms with van der Waals surface area (Å²) in [5.41, 5.74) is 1.92. The predicted molar refractivity (Wildman–Crippen MR) is 139 cm³/mol. The third-order valence-corrected chi connectivity index (χ3v) is 7.72. The number of amides is 2. The molecule has 0 bridgehead atoms. The Balaban J connectivity index is 2.01. The van der Waals surface area contributed by atoms with E-state index in [0.717, 1.165) is 27.6 Å². The van der Waals surface area contributed by atoms with Crippen LogP contribution in [0.15, 0.2) is 77.7 Å². The van der Waals surface area contributed by atoms with Crippen LogP contribution < -0.4 is 14.4 Å². The second kappa shape index (κ2) is 11.9. The summed E-state index contributed by atoms with van der Waals surface area (Å²) in [5, 5.41) is 2.53. The van der Waals surface area contributed by atoms with Gasteiger partial charge in [-0.3, -0.25) is 13.9 Å². The minimum Gasteiger partial charge on any atom is -0.497 e. The zero-order valence-corrected chi connectivity index (χ0v) is 22.0. The Kier molecular flexibility index (Phi) is 8.88. The standard InChI is InChI=1S/C27H30FN3O5S/c1-19-5-7-21(8-6-19)17-30(20(2)27(33)29-3)26(32)18-31(23-11-9-22(28)10-12-23)37(34,35)25-15-13-24(36-4)14-16-25/h5-16,20H,17-18H2,1-4H3,(H,29,33). The van der Waals surface area contributed by atoms with Crippen molar-refractivity contribution in [1.29, 1.82) is 0 Å². The number of carbonyl (C=O) groups excluding carboxylic acids is 2. The molecular weight excluding hydrogens is 497 g/mol. The van der Waals surface area contributed by atoms with Crippen molar-refractivity contribution in [2.45, 2.75) is 31.3 Å². The molecule has 2 amide bonds. The molecule has 37 heavy (non-hydrogen) atoms. The summed E-state index contributed by atoms with van der Waals surface area (Å²) in [4.78, 5) is 27.4. The Labute approximate surface area is 216 Å². The highest BCUT2D eigenvalue weighted by Crippen LogP contribution is 2.26. The molecule has 3 rings (SSSR count). The van der Waals surface area contributed by atoms with E-state index in [-0.39, 0.29) is 17.1 Å². The zero-order valence-electron chi connectivity index (χ0n) is 21.1. The summed E-state index contributed by atoms with van der Waals surface area (Å²) in [6, 6.07) is 17.1. The lowest BCUT2D eigenvalue weighted by atomic mass is 10.1. The fraction of sp³-hybridized carbons (Fsp3) is 0.259. The van der Waals surface area contributed by atoms with Crippen LogP contribution in [0.3, 0.4) is 0 Å². The Morgan fingerprint density at radius 1 is 0.973 bits per heavy atom. The molecule has 1 N–H and O–H groups in total. The summed E-state index contributed by atoms with van der Waals surface area (Å²) in [5.74, 6) is -1.08. The van der Waals surface area contributed by atoms with Gasteiger partial charge in [-0.15, -0.1) is 0 Å². The number of aryl methyl sites for hydroxylation is 1. The van der Waals surface area contributed by atoms with Gasteiger partial charge in [-0.25, -0.2) is 12.8 Å². The highest BCUT2D eigenvalue weighted by atomic mass is 32.2. The molecule has 0 aliphatic heterocycles. The molecule has 196 valence electrons. The molecule has 0 aliphatic rings. The number of halogens is 1. The van der Waals surface area contributed by atoms with Crippen molar-refractivity contribution in [2.75, 3.05) is 25.0 Å². The van der Waals surface area contributed by atoms with Gasteiger partial charge < -0.3 is 15.0 Å². The highest BCUT2D eigenvalue weighted by Gasteiger charge is 2.32. The maximum Gasteiger partial charge on any atom is 0.264 e. The smallest absolute Gasteiger partial charge is 0.264 e. The van der Waals surface area contributed by atoms with E-state index < -0.39 is 40.2 Å². The number of sulfonamides is 1. The van der Waals surface area contributed by atoms with Gasteiger partial charge in [0.05, 0.1) is 17.7 Å². The van der Waals surface area contributed by atoms with Crippen LogP contribution in [-0.2, 0) is 26.2 Å². The number of carbonyl (C=O) groups is 2. The van der Waals surface area contributed by atoms with E-state index in [1.54, 1.807) is 6.92 Å². The van der Waals surface area contributed by atoms with Crippen LogP contribution >= 0.6 is 0 Å². The van der Waals surface area contributed by atoms with Gasteiger partial charge >= 0.3 is 0 Å². The van der Waals surface area contributed by atoms with Gasteiger partial charge in [-0.1, -0.05) is 29.8 Å². The molecule has 3 aromatic rings. The molecular formula is C27H30FN3O5S. The Bertz CT molecular complexity index is 1330. The predicted octanol–water partition coefficient (Wildman–Crippen LogP) is 3.50. The number of rotatable bonds is 10. The number of nitrogens with one attached hydrogen (secondary N) is 1. The van der Waals surface area contributed by atoms with Crippen LogP contribution in [0.4, 0.5) is 10.1 Å². The van der Waals surface area contributed by atoms with E-state index in [0.29, 0.717) is 5.75 Å².